The lowest BCUT2D eigenvalue weighted by atomic mass is 9.77. The van der Waals surface area contributed by atoms with Crippen LogP contribution in [0.2, 0.25) is 0 Å². The van der Waals surface area contributed by atoms with Gasteiger partial charge >= 0.3 is 5.97 Å². The fraction of sp³-hybridized carbons (Fsp3) is 0.542. The molecule has 1 aromatic heterocycles. The molecular weight excluding hydrogens is 456 g/mol. The number of fused-ring (bicyclic) bond motifs is 1. The number of carbonyl (C=O) groups is 1. The Kier molecular flexibility index (Phi) is 5.86. The summed E-state index contributed by atoms with van der Waals surface area (Å²) in [5.74, 6) is 0.431. The highest BCUT2D eigenvalue weighted by molar-refractivity contribution is 7.90. The Balaban J connectivity index is 1.18. The standard InChI is InChI=1S/C24H30N4O5S/c1-16-17(3-4-18-19(16)14-33-23(18)30)20(29)13-27-10-7-24(8-11-27)9-12-28(15-24)21-5-6-22(26-25-21)34(2,31)32/h3-6,20,29H,7-15H2,1-2H3. The molecule has 1 N–H and O–H groups in total. The zero-order chi connectivity index (χ0) is 24.1. The van der Waals surface area contributed by atoms with E-state index < -0.39 is 15.9 Å². The zero-order valence-electron chi connectivity index (χ0n) is 19.5. The van der Waals surface area contributed by atoms with Gasteiger partial charge in [-0.15, -0.1) is 10.2 Å². The third-order valence-corrected chi connectivity index (χ3v) is 8.66. The van der Waals surface area contributed by atoms with Crippen molar-refractivity contribution in [3.05, 3.63) is 46.5 Å². The molecule has 0 amide bonds. The predicted molar refractivity (Wildman–Crippen MR) is 125 cm³/mol. The Morgan fingerprint density at radius 1 is 1.12 bits per heavy atom. The lowest BCUT2D eigenvalue weighted by molar-refractivity contribution is 0.0534. The van der Waals surface area contributed by atoms with E-state index in [0.717, 1.165) is 74.2 Å². The molecule has 1 aromatic carbocycles. The molecule has 0 radical (unpaired) electrons. The number of aliphatic hydroxyl groups excluding tert-OH is 1. The van der Waals surface area contributed by atoms with Crippen molar-refractivity contribution >= 4 is 21.6 Å². The van der Waals surface area contributed by atoms with Crippen LogP contribution in [0.25, 0.3) is 0 Å². The van der Waals surface area contributed by atoms with E-state index in [1.807, 2.05) is 13.0 Å². The van der Waals surface area contributed by atoms with E-state index >= 15 is 0 Å². The van der Waals surface area contributed by atoms with Gasteiger partial charge in [0, 0.05) is 31.5 Å². The second kappa shape index (κ2) is 8.58. The molecule has 9 nitrogen and oxygen atoms in total. The van der Waals surface area contributed by atoms with Gasteiger partial charge in [-0.25, -0.2) is 13.2 Å². The second-order valence-electron chi connectivity index (χ2n) is 9.87. The van der Waals surface area contributed by atoms with E-state index in [4.69, 9.17) is 4.74 Å². The van der Waals surface area contributed by atoms with Crippen LogP contribution in [0.4, 0.5) is 5.82 Å². The molecule has 1 atom stereocenters. The summed E-state index contributed by atoms with van der Waals surface area (Å²) < 4.78 is 28.4. The van der Waals surface area contributed by atoms with Gasteiger partial charge in [0.1, 0.15) is 6.61 Å². The molecular formula is C24H30N4O5S. The number of esters is 1. The molecule has 2 fully saturated rings. The summed E-state index contributed by atoms with van der Waals surface area (Å²) in [7, 11) is -3.35. The quantitative estimate of drug-likeness (QED) is 0.633. The predicted octanol–water partition coefficient (Wildman–Crippen LogP) is 1.88. The van der Waals surface area contributed by atoms with Gasteiger partial charge in [0.25, 0.3) is 0 Å². The van der Waals surface area contributed by atoms with E-state index in [2.05, 4.69) is 20.0 Å². The number of likely N-dealkylation sites (tertiary alicyclic amines) is 1. The number of piperidine rings is 1. The van der Waals surface area contributed by atoms with E-state index in [9.17, 15) is 18.3 Å². The highest BCUT2D eigenvalue weighted by Crippen LogP contribution is 2.42. The third-order valence-electron chi connectivity index (χ3n) is 7.68. The summed E-state index contributed by atoms with van der Waals surface area (Å²) >= 11 is 0. The van der Waals surface area contributed by atoms with Gasteiger partial charge in [-0.3, -0.25) is 0 Å². The average molecular weight is 487 g/mol. The number of sulfone groups is 1. The zero-order valence-corrected chi connectivity index (χ0v) is 20.3. The maximum absolute atomic E-state index is 11.8. The van der Waals surface area contributed by atoms with Crippen LogP contribution in [0.15, 0.2) is 29.3 Å². The van der Waals surface area contributed by atoms with Crippen LogP contribution in [0.1, 0.15) is 52.4 Å². The lowest BCUT2D eigenvalue weighted by Gasteiger charge is -2.40. The molecule has 4 heterocycles. The first-order chi connectivity index (χ1) is 16.2. The summed E-state index contributed by atoms with van der Waals surface area (Å²) in [5, 5.41) is 19.0. The topological polar surface area (TPSA) is 113 Å². The normalized spacial score (nSPS) is 21.0. The molecule has 5 rings (SSSR count). The van der Waals surface area contributed by atoms with Crippen molar-refractivity contribution in [2.75, 3.05) is 43.9 Å². The Bertz CT molecular complexity index is 1210. The minimum absolute atomic E-state index is 0.00485. The van der Waals surface area contributed by atoms with Crippen LogP contribution in [0, 0.1) is 12.3 Å². The second-order valence-corrected chi connectivity index (χ2v) is 11.8. The molecule has 2 saturated heterocycles. The maximum atomic E-state index is 11.8. The number of β-amino-alcohol motifs (C(OH)–C–C–N with tert-alkyl or cyclic N) is 1. The van der Waals surface area contributed by atoms with Crippen molar-refractivity contribution in [1.29, 1.82) is 0 Å². The van der Waals surface area contributed by atoms with Crippen molar-refractivity contribution in [3.8, 4) is 0 Å². The van der Waals surface area contributed by atoms with Gasteiger partial charge in [-0.2, -0.15) is 0 Å². The molecule has 182 valence electrons. The van der Waals surface area contributed by atoms with Crippen molar-refractivity contribution in [1.82, 2.24) is 15.1 Å². The lowest BCUT2D eigenvalue weighted by Crippen LogP contribution is -2.43. The molecule has 0 bridgehead atoms. The van der Waals surface area contributed by atoms with Crippen LogP contribution in [0.3, 0.4) is 0 Å². The highest BCUT2D eigenvalue weighted by atomic mass is 32.2. The van der Waals surface area contributed by atoms with Gasteiger partial charge in [0.2, 0.25) is 0 Å². The highest BCUT2D eigenvalue weighted by Gasteiger charge is 2.41. The average Bonchev–Trinajstić information content (AvgIpc) is 3.40. The fourth-order valence-corrected chi connectivity index (χ4v) is 6.00. The molecule has 1 unspecified atom stereocenters. The van der Waals surface area contributed by atoms with E-state index in [-0.39, 0.29) is 23.0 Å². The van der Waals surface area contributed by atoms with E-state index in [1.54, 1.807) is 12.1 Å². The van der Waals surface area contributed by atoms with Gasteiger partial charge in [-0.05, 0) is 74.0 Å². The minimum Gasteiger partial charge on any atom is -0.457 e. The van der Waals surface area contributed by atoms with Crippen molar-refractivity contribution < 1.29 is 23.1 Å². The van der Waals surface area contributed by atoms with Gasteiger partial charge in [0.15, 0.2) is 20.7 Å². The largest absolute Gasteiger partial charge is 0.457 e. The van der Waals surface area contributed by atoms with Gasteiger partial charge in [0.05, 0.1) is 11.7 Å². The number of nitrogens with zero attached hydrogens (tertiary/aromatic N) is 4. The van der Waals surface area contributed by atoms with Gasteiger partial charge in [-0.1, -0.05) is 6.07 Å². The SMILES string of the molecule is Cc1c(C(O)CN2CCC3(CC2)CCN(c2ccc(S(C)(=O)=O)nn2)C3)ccc2c1COC2=O. The number of rotatable bonds is 5. The van der Waals surface area contributed by atoms with Gasteiger partial charge < -0.3 is 19.6 Å². The summed E-state index contributed by atoms with van der Waals surface area (Å²) in [6, 6.07) is 6.88. The number of ether oxygens (including phenoxy) is 1. The third kappa shape index (κ3) is 4.30. The molecule has 2 aromatic rings. The summed E-state index contributed by atoms with van der Waals surface area (Å²) in [5.41, 5.74) is 3.51. The minimum atomic E-state index is -3.35. The summed E-state index contributed by atoms with van der Waals surface area (Å²) in [6.07, 6.45) is 3.66. The molecule has 1 spiro atoms. The van der Waals surface area contributed by atoms with Crippen LogP contribution in [0.5, 0.6) is 0 Å². The maximum Gasteiger partial charge on any atom is 0.338 e. The van der Waals surface area contributed by atoms with Crippen molar-refractivity contribution in [3.63, 3.8) is 0 Å². The number of cyclic esters (lactones) is 1. The number of benzene rings is 1. The number of hydrogen-bond acceptors (Lipinski definition) is 9. The monoisotopic (exact) mass is 486 g/mol. The van der Waals surface area contributed by atoms with E-state index in [0.29, 0.717) is 12.1 Å². The molecule has 3 aliphatic heterocycles. The van der Waals surface area contributed by atoms with Crippen LogP contribution >= 0.6 is 0 Å². The number of aromatic nitrogens is 2. The Morgan fingerprint density at radius 3 is 2.53 bits per heavy atom. The van der Waals surface area contributed by atoms with Crippen LogP contribution in [-0.2, 0) is 21.2 Å². The number of hydrogen-bond donors (Lipinski definition) is 1. The number of anilines is 1. The smallest absolute Gasteiger partial charge is 0.338 e. The molecule has 0 saturated carbocycles. The molecule has 3 aliphatic rings. The summed E-state index contributed by atoms with van der Waals surface area (Å²) in [4.78, 5) is 16.3. The van der Waals surface area contributed by atoms with Crippen molar-refractivity contribution in [2.45, 2.75) is 43.9 Å². The van der Waals surface area contributed by atoms with Crippen LogP contribution < -0.4 is 4.90 Å². The molecule has 10 heteroatoms. The Hall–Kier alpha value is -2.56. The van der Waals surface area contributed by atoms with E-state index in [1.165, 1.54) is 6.07 Å². The number of aliphatic hydroxyl groups is 1. The Labute approximate surface area is 199 Å². The first-order valence-electron chi connectivity index (χ1n) is 11.6. The first kappa shape index (κ1) is 23.2. The first-order valence-corrected chi connectivity index (χ1v) is 13.5. The van der Waals surface area contributed by atoms with Crippen molar-refractivity contribution in [2.24, 2.45) is 5.41 Å². The number of carbonyl (C=O) groups excluding carboxylic acids is 1. The fourth-order valence-electron chi connectivity index (χ4n) is 5.50. The Morgan fingerprint density at radius 2 is 1.85 bits per heavy atom. The summed E-state index contributed by atoms with van der Waals surface area (Å²) in [6.45, 7) is 6.38. The molecule has 34 heavy (non-hydrogen) atoms. The van der Waals surface area contributed by atoms with Crippen LogP contribution in [-0.4, -0.2) is 73.6 Å². The molecule has 0 aliphatic carbocycles.